The second kappa shape index (κ2) is 4.09. The van der Waals surface area contributed by atoms with Crippen LogP contribution in [0.5, 0.6) is 5.75 Å². The fraction of sp³-hybridized carbons (Fsp3) is 0.222. The summed E-state index contributed by atoms with van der Waals surface area (Å²) in [6.07, 6.45) is 0. The number of phenols is 1. The van der Waals surface area contributed by atoms with Crippen molar-refractivity contribution in [2.24, 2.45) is 0 Å². The first-order valence-corrected chi connectivity index (χ1v) is 4.32. The molecule has 0 aliphatic heterocycles. The van der Waals surface area contributed by atoms with E-state index in [-0.39, 0.29) is 0 Å². The van der Waals surface area contributed by atoms with E-state index >= 15 is 0 Å². The first-order chi connectivity index (χ1) is 6.13. The summed E-state index contributed by atoms with van der Waals surface area (Å²) < 4.78 is 0. The van der Waals surface area contributed by atoms with Crippen molar-refractivity contribution in [2.45, 2.75) is 6.92 Å². The standard InChI is InChI=1S/C9H12N2OS/c1-6-5-7(3-4-8(6)12)11-9(13)10-2/h3-5,12H,1-2H3,(H2,10,11,13). The van der Waals surface area contributed by atoms with Crippen LogP contribution in [0.2, 0.25) is 0 Å². The van der Waals surface area contributed by atoms with E-state index < -0.39 is 0 Å². The summed E-state index contributed by atoms with van der Waals surface area (Å²) in [5.41, 5.74) is 1.69. The fourth-order valence-corrected chi connectivity index (χ4v) is 1.04. The van der Waals surface area contributed by atoms with Gasteiger partial charge in [-0.2, -0.15) is 0 Å². The summed E-state index contributed by atoms with van der Waals surface area (Å²) in [5.74, 6) is 0.293. The molecule has 0 atom stereocenters. The van der Waals surface area contributed by atoms with Gasteiger partial charge >= 0.3 is 0 Å². The topological polar surface area (TPSA) is 44.3 Å². The highest BCUT2D eigenvalue weighted by atomic mass is 32.1. The number of anilines is 1. The molecule has 4 heteroatoms. The molecule has 1 rings (SSSR count). The minimum atomic E-state index is 0.293. The molecule has 0 heterocycles. The summed E-state index contributed by atoms with van der Waals surface area (Å²) in [7, 11) is 1.75. The summed E-state index contributed by atoms with van der Waals surface area (Å²) in [5, 5.41) is 15.6. The Morgan fingerprint density at radius 1 is 1.46 bits per heavy atom. The molecule has 0 unspecified atom stereocenters. The number of aryl methyl sites for hydroxylation is 1. The Balaban J connectivity index is 2.79. The van der Waals surface area contributed by atoms with E-state index in [1.807, 2.05) is 13.0 Å². The Bertz CT molecular complexity index is 325. The molecule has 0 saturated heterocycles. The van der Waals surface area contributed by atoms with Crippen molar-refractivity contribution >= 4 is 23.0 Å². The van der Waals surface area contributed by atoms with E-state index in [1.54, 1.807) is 19.2 Å². The monoisotopic (exact) mass is 196 g/mol. The highest BCUT2D eigenvalue weighted by Crippen LogP contribution is 2.19. The predicted molar refractivity (Wildman–Crippen MR) is 58.1 cm³/mol. The Labute approximate surface area is 82.8 Å². The van der Waals surface area contributed by atoms with Crippen LogP contribution in [0.3, 0.4) is 0 Å². The van der Waals surface area contributed by atoms with Gasteiger partial charge in [-0.25, -0.2) is 0 Å². The van der Waals surface area contributed by atoms with Crippen LogP contribution in [-0.4, -0.2) is 17.3 Å². The van der Waals surface area contributed by atoms with Gasteiger partial charge in [0.1, 0.15) is 5.75 Å². The average Bonchev–Trinajstić information content (AvgIpc) is 2.11. The molecule has 0 fully saturated rings. The van der Waals surface area contributed by atoms with Crippen LogP contribution in [0.25, 0.3) is 0 Å². The normalized spacial score (nSPS) is 9.38. The maximum Gasteiger partial charge on any atom is 0.170 e. The van der Waals surface area contributed by atoms with Gasteiger partial charge in [-0.1, -0.05) is 0 Å². The third-order valence-electron chi connectivity index (χ3n) is 1.68. The Kier molecular flexibility index (Phi) is 3.08. The van der Waals surface area contributed by atoms with Gasteiger partial charge in [-0.3, -0.25) is 0 Å². The number of aromatic hydroxyl groups is 1. The van der Waals surface area contributed by atoms with Gasteiger partial charge in [0.05, 0.1) is 0 Å². The van der Waals surface area contributed by atoms with E-state index in [9.17, 15) is 5.11 Å². The van der Waals surface area contributed by atoms with Crippen molar-refractivity contribution in [3.8, 4) is 5.75 Å². The highest BCUT2D eigenvalue weighted by molar-refractivity contribution is 7.80. The summed E-state index contributed by atoms with van der Waals surface area (Å²) in [6, 6.07) is 5.24. The second-order valence-electron chi connectivity index (χ2n) is 2.71. The Morgan fingerprint density at radius 2 is 2.15 bits per heavy atom. The van der Waals surface area contributed by atoms with Gasteiger partial charge in [0, 0.05) is 12.7 Å². The average molecular weight is 196 g/mol. The summed E-state index contributed by atoms with van der Waals surface area (Å²) >= 11 is 4.93. The summed E-state index contributed by atoms with van der Waals surface area (Å²) in [6.45, 7) is 1.84. The van der Waals surface area contributed by atoms with Crippen molar-refractivity contribution < 1.29 is 5.11 Å². The molecule has 1 aromatic rings. The smallest absolute Gasteiger partial charge is 0.170 e. The molecule has 1 aromatic carbocycles. The van der Waals surface area contributed by atoms with E-state index in [0.717, 1.165) is 11.3 Å². The molecule has 3 N–H and O–H groups in total. The zero-order valence-electron chi connectivity index (χ0n) is 7.59. The highest BCUT2D eigenvalue weighted by Gasteiger charge is 1.98. The van der Waals surface area contributed by atoms with E-state index in [1.165, 1.54) is 0 Å². The fourth-order valence-electron chi connectivity index (χ4n) is 0.927. The molecule has 0 spiro atoms. The van der Waals surface area contributed by atoms with Crippen molar-refractivity contribution in [3.63, 3.8) is 0 Å². The quantitative estimate of drug-likeness (QED) is 0.472. The number of hydrogen-bond acceptors (Lipinski definition) is 2. The lowest BCUT2D eigenvalue weighted by Crippen LogP contribution is -2.24. The first kappa shape index (κ1) is 9.80. The van der Waals surface area contributed by atoms with Gasteiger partial charge in [0.15, 0.2) is 5.11 Å². The third kappa shape index (κ3) is 2.59. The molecular formula is C9H12N2OS. The first-order valence-electron chi connectivity index (χ1n) is 3.92. The lowest BCUT2D eigenvalue weighted by molar-refractivity contribution is 0.471. The molecule has 0 radical (unpaired) electrons. The van der Waals surface area contributed by atoms with Crippen LogP contribution >= 0.6 is 12.2 Å². The van der Waals surface area contributed by atoms with Crippen LogP contribution in [0.15, 0.2) is 18.2 Å². The maximum absolute atomic E-state index is 9.26. The lowest BCUT2D eigenvalue weighted by Gasteiger charge is -2.08. The van der Waals surface area contributed by atoms with E-state index in [0.29, 0.717) is 10.9 Å². The van der Waals surface area contributed by atoms with Crippen LogP contribution in [0.4, 0.5) is 5.69 Å². The number of thiocarbonyl (C=S) groups is 1. The van der Waals surface area contributed by atoms with Gasteiger partial charge in [-0.15, -0.1) is 0 Å². The van der Waals surface area contributed by atoms with Crippen LogP contribution in [0.1, 0.15) is 5.56 Å². The van der Waals surface area contributed by atoms with E-state index in [4.69, 9.17) is 12.2 Å². The van der Waals surface area contributed by atoms with Crippen LogP contribution in [0, 0.1) is 6.92 Å². The number of hydrogen-bond donors (Lipinski definition) is 3. The molecule has 0 aliphatic carbocycles. The largest absolute Gasteiger partial charge is 0.508 e. The number of benzene rings is 1. The molecule has 0 amide bonds. The van der Waals surface area contributed by atoms with Gasteiger partial charge < -0.3 is 15.7 Å². The molecule has 13 heavy (non-hydrogen) atoms. The molecule has 0 aliphatic rings. The van der Waals surface area contributed by atoms with Crippen molar-refractivity contribution in [1.29, 1.82) is 0 Å². The molecule has 0 saturated carbocycles. The van der Waals surface area contributed by atoms with Crippen LogP contribution < -0.4 is 10.6 Å². The Morgan fingerprint density at radius 3 is 2.69 bits per heavy atom. The lowest BCUT2D eigenvalue weighted by atomic mass is 10.2. The van der Waals surface area contributed by atoms with Gasteiger partial charge in [0.2, 0.25) is 0 Å². The molecule has 0 aromatic heterocycles. The molecule has 3 nitrogen and oxygen atoms in total. The minimum absolute atomic E-state index is 0.293. The van der Waals surface area contributed by atoms with Crippen molar-refractivity contribution in [2.75, 3.05) is 12.4 Å². The zero-order chi connectivity index (χ0) is 9.84. The van der Waals surface area contributed by atoms with Crippen molar-refractivity contribution in [3.05, 3.63) is 23.8 Å². The zero-order valence-corrected chi connectivity index (χ0v) is 8.40. The van der Waals surface area contributed by atoms with Gasteiger partial charge in [0.25, 0.3) is 0 Å². The minimum Gasteiger partial charge on any atom is -0.508 e. The van der Waals surface area contributed by atoms with Crippen LogP contribution in [-0.2, 0) is 0 Å². The third-order valence-corrected chi connectivity index (χ3v) is 1.99. The molecular weight excluding hydrogens is 184 g/mol. The van der Waals surface area contributed by atoms with Crippen molar-refractivity contribution in [1.82, 2.24) is 5.32 Å². The van der Waals surface area contributed by atoms with Gasteiger partial charge in [-0.05, 0) is 42.9 Å². The van der Waals surface area contributed by atoms with E-state index in [2.05, 4.69) is 10.6 Å². The predicted octanol–water partition coefficient (Wildman–Crippen LogP) is 1.62. The maximum atomic E-state index is 9.26. The summed E-state index contributed by atoms with van der Waals surface area (Å²) in [4.78, 5) is 0. The molecule has 0 bridgehead atoms. The second-order valence-corrected chi connectivity index (χ2v) is 3.11. The number of phenolic OH excluding ortho intramolecular Hbond substituents is 1. The number of rotatable bonds is 1. The number of nitrogens with one attached hydrogen (secondary N) is 2. The Hall–Kier alpha value is -1.29. The SMILES string of the molecule is CNC(=S)Nc1ccc(O)c(C)c1. The molecule has 70 valence electrons.